The average molecular weight is 243 g/mol. The van der Waals surface area contributed by atoms with Crippen LogP contribution in [0, 0.1) is 11.3 Å². The molecule has 2 N–H and O–H groups in total. The van der Waals surface area contributed by atoms with Gasteiger partial charge in [0.25, 0.3) is 0 Å². The Morgan fingerprint density at radius 2 is 2.39 bits per heavy atom. The van der Waals surface area contributed by atoms with E-state index in [-0.39, 0.29) is 5.69 Å². The number of likely N-dealkylation sites (N-methyl/N-ethyl adjacent to an activating group) is 1. The van der Waals surface area contributed by atoms with Crippen LogP contribution in [0.25, 0.3) is 0 Å². The number of anilines is 1. The Morgan fingerprint density at radius 1 is 1.56 bits per heavy atom. The predicted molar refractivity (Wildman–Crippen MR) is 67.3 cm³/mol. The van der Waals surface area contributed by atoms with Crippen molar-refractivity contribution in [2.24, 2.45) is 0 Å². The van der Waals surface area contributed by atoms with Crippen molar-refractivity contribution >= 4 is 5.82 Å². The molecule has 0 radical (unpaired) electrons. The van der Waals surface area contributed by atoms with Crippen molar-refractivity contribution in [3.63, 3.8) is 0 Å². The number of H-pyrrole nitrogens is 2. The first-order chi connectivity index (χ1) is 8.69. The minimum atomic E-state index is -0.502. The molecule has 0 aliphatic carbocycles. The number of nitrogens with zero attached hydrogens (tertiary/aromatic N) is 3. The van der Waals surface area contributed by atoms with Crippen LogP contribution in [0.3, 0.4) is 0 Å². The highest BCUT2D eigenvalue weighted by Crippen LogP contribution is 2.08. The summed E-state index contributed by atoms with van der Waals surface area (Å²) in [5.41, 5.74) is 0.906. The lowest BCUT2D eigenvalue weighted by Gasteiger charge is -2.17. The van der Waals surface area contributed by atoms with Crippen molar-refractivity contribution in [2.45, 2.75) is 6.42 Å². The Hall–Kier alpha value is -2.55. The van der Waals surface area contributed by atoms with Gasteiger partial charge < -0.3 is 9.88 Å². The van der Waals surface area contributed by atoms with Gasteiger partial charge in [0.2, 0.25) is 0 Å². The zero-order valence-corrected chi connectivity index (χ0v) is 9.97. The van der Waals surface area contributed by atoms with Gasteiger partial charge in [-0.15, -0.1) is 0 Å². The molecule has 2 heterocycles. The molecule has 6 heteroatoms. The molecule has 18 heavy (non-hydrogen) atoms. The zero-order valence-electron chi connectivity index (χ0n) is 9.97. The minimum absolute atomic E-state index is 0.221. The normalized spacial score (nSPS) is 10.0. The van der Waals surface area contributed by atoms with Gasteiger partial charge >= 0.3 is 5.69 Å². The molecule has 2 aromatic heterocycles. The van der Waals surface area contributed by atoms with Gasteiger partial charge in [0.1, 0.15) is 17.6 Å². The summed E-state index contributed by atoms with van der Waals surface area (Å²) in [5, 5.41) is 8.78. The standard InChI is InChI=1S/C12H13N5O/c1-17(5-3-9-2-4-14-8-9)11-6-10(7-13)15-12(18)16-11/h2,4,6,8,14H,3,5H2,1H3,(H,15,16,18). The highest BCUT2D eigenvalue weighted by Gasteiger charge is 2.06. The lowest BCUT2D eigenvalue weighted by Crippen LogP contribution is -2.25. The molecule has 2 aromatic rings. The molecule has 92 valence electrons. The second-order valence-electron chi connectivity index (χ2n) is 3.96. The van der Waals surface area contributed by atoms with Gasteiger partial charge in [-0.2, -0.15) is 10.2 Å². The molecule has 2 rings (SSSR count). The maximum atomic E-state index is 11.3. The number of aromatic nitrogens is 3. The van der Waals surface area contributed by atoms with Crippen molar-refractivity contribution in [3.8, 4) is 6.07 Å². The Kier molecular flexibility index (Phi) is 3.44. The van der Waals surface area contributed by atoms with E-state index < -0.39 is 5.69 Å². The maximum Gasteiger partial charge on any atom is 0.347 e. The van der Waals surface area contributed by atoms with Crippen LogP contribution in [0.5, 0.6) is 0 Å². The molecular formula is C12H13N5O. The van der Waals surface area contributed by atoms with Crippen molar-refractivity contribution in [2.75, 3.05) is 18.5 Å². The van der Waals surface area contributed by atoms with E-state index in [1.807, 2.05) is 36.5 Å². The van der Waals surface area contributed by atoms with Crippen LogP contribution >= 0.6 is 0 Å². The minimum Gasteiger partial charge on any atom is -0.367 e. The summed E-state index contributed by atoms with van der Waals surface area (Å²) in [7, 11) is 1.84. The fraction of sp³-hybridized carbons (Fsp3) is 0.250. The van der Waals surface area contributed by atoms with Gasteiger partial charge in [-0.1, -0.05) is 0 Å². The number of nitriles is 1. The molecule has 0 saturated heterocycles. The van der Waals surface area contributed by atoms with E-state index >= 15 is 0 Å². The molecule has 0 aliphatic rings. The second kappa shape index (κ2) is 5.19. The zero-order chi connectivity index (χ0) is 13.0. The van der Waals surface area contributed by atoms with Gasteiger partial charge in [-0.05, 0) is 18.1 Å². The van der Waals surface area contributed by atoms with Crippen LogP contribution in [-0.2, 0) is 6.42 Å². The highest BCUT2D eigenvalue weighted by molar-refractivity contribution is 5.41. The summed E-state index contributed by atoms with van der Waals surface area (Å²) in [6.07, 6.45) is 4.64. The van der Waals surface area contributed by atoms with Gasteiger partial charge in [-0.3, -0.25) is 4.98 Å². The smallest absolute Gasteiger partial charge is 0.347 e. The van der Waals surface area contributed by atoms with Crippen LogP contribution in [0.4, 0.5) is 5.82 Å². The van der Waals surface area contributed by atoms with Gasteiger partial charge in [0.15, 0.2) is 0 Å². The van der Waals surface area contributed by atoms with E-state index in [0.29, 0.717) is 5.82 Å². The number of nitrogens with one attached hydrogen (secondary N) is 2. The van der Waals surface area contributed by atoms with Crippen LogP contribution < -0.4 is 10.6 Å². The van der Waals surface area contributed by atoms with Crippen molar-refractivity contribution in [3.05, 3.63) is 46.3 Å². The lowest BCUT2D eigenvalue weighted by molar-refractivity contribution is 0.848. The average Bonchev–Trinajstić information content (AvgIpc) is 2.88. The Labute approximate surface area is 104 Å². The number of aromatic amines is 2. The predicted octanol–water partition coefficient (Wildman–Crippen LogP) is 0.649. The molecule has 0 fully saturated rings. The van der Waals surface area contributed by atoms with Crippen LogP contribution in [0.1, 0.15) is 11.3 Å². The fourth-order valence-corrected chi connectivity index (χ4v) is 1.63. The Balaban J connectivity index is 2.09. The molecule has 0 spiro atoms. The highest BCUT2D eigenvalue weighted by atomic mass is 16.1. The Bertz CT molecular complexity index is 608. The first-order valence-corrected chi connectivity index (χ1v) is 5.53. The van der Waals surface area contributed by atoms with E-state index in [2.05, 4.69) is 15.0 Å². The molecule has 0 bridgehead atoms. The van der Waals surface area contributed by atoms with Gasteiger partial charge in [0.05, 0.1) is 0 Å². The molecular weight excluding hydrogens is 230 g/mol. The van der Waals surface area contributed by atoms with E-state index in [1.165, 1.54) is 5.56 Å². The molecule has 0 atom stereocenters. The molecule has 0 aromatic carbocycles. The van der Waals surface area contributed by atoms with Crippen molar-refractivity contribution in [1.82, 2.24) is 15.0 Å². The SMILES string of the molecule is CN(CCc1cc[nH]c1)c1cc(C#N)[nH]c(=O)n1. The van der Waals surface area contributed by atoms with Crippen molar-refractivity contribution < 1.29 is 0 Å². The summed E-state index contributed by atoms with van der Waals surface area (Å²) >= 11 is 0. The van der Waals surface area contributed by atoms with E-state index in [4.69, 9.17) is 5.26 Å². The molecule has 0 saturated carbocycles. The monoisotopic (exact) mass is 243 g/mol. The Morgan fingerprint density at radius 3 is 3.06 bits per heavy atom. The van der Waals surface area contributed by atoms with E-state index in [9.17, 15) is 4.79 Å². The van der Waals surface area contributed by atoms with E-state index in [0.717, 1.165) is 13.0 Å². The number of rotatable bonds is 4. The topological polar surface area (TPSA) is 88.6 Å². The first-order valence-electron chi connectivity index (χ1n) is 5.53. The van der Waals surface area contributed by atoms with Crippen LogP contribution in [0.2, 0.25) is 0 Å². The molecule has 0 amide bonds. The largest absolute Gasteiger partial charge is 0.367 e. The summed E-state index contributed by atoms with van der Waals surface area (Å²) < 4.78 is 0. The summed E-state index contributed by atoms with van der Waals surface area (Å²) in [6, 6.07) is 5.47. The molecule has 6 nitrogen and oxygen atoms in total. The maximum absolute atomic E-state index is 11.3. The third-order valence-corrected chi connectivity index (χ3v) is 2.64. The first kappa shape index (κ1) is 11.9. The second-order valence-corrected chi connectivity index (χ2v) is 3.96. The quantitative estimate of drug-likeness (QED) is 0.825. The van der Waals surface area contributed by atoms with Crippen LogP contribution in [-0.4, -0.2) is 28.5 Å². The molecule has 0 aliphatic heterocycles. The summed E-state index contributed by atoms with van der Waals surface area (Å²) in [6.45, 7) is 0.721. The summed E-state index contributed by atoms with van der Waals surface area (Å²) in [5.74, 6) is 0.505. The van der Waals surface area contributed by atoms with Crippen molar-refractivity contribution in [1.29, 1.82) is 5.26 Å². The third-order valence-electron chi connectivity index (χ3n) is 2.64. The number of hydrogen-bond donors (Lipinski definition) is 2. The fourth-order valence-electron chi connectivity index (χ4n) is 1.63. The summed E-state index contributed by atoms with van der Waals surface area (Å²) in [4.78, 5) is 22.3. The number of hydrogen-bond acceptors (Lipinski definition) is 4. The lowest BCUT2D eigenvalue weighted by atomic mass is 10.2. The third kappa shape index (κ3) is 2.77. The van der Waals surface area contributed by atoms with E-state index in [1.54, 1.807) is 6.07 Å². The van der Waals surface area contributed by atoms with Gasteiger partial charge in [-0.25, -0.2) is 4.79 Å². The molecule has 0 unspecified atom stereocenters. The van der Waals surface area contributed by atoms with Gasteiger partial charge in [0, 0.05) is 32.1 Å². The van der Waals surface area contributed by atoms with Crippen LogP contribution in [0.15, 0.2) is 29.3 Å².